The summed E-state index contributed by atoms with van der Waals surface area (Å²) in [6.45, 7) is 5.24. The van der Waals surface area contributed by atoms with Crippen molar-refractivity contribution < 1.29 is 4.79 Å². The lowest BCUT2D eigenvalue weighted by Crippen LogP contribution is -2.28. The summed E-state index contributed by atoms with van der Waals surface area (Å²) in [4.78, 5) is 15.8. The van der Waals surface area contributed by atoms with E-state index in [1.54, 1.807) is 23.1 Å². The Labute approximate surface area is 152 Å². The maximum atomic E-state index is 12.3. The molecule has 0 bridgehead atoms. The summed E-state index contributed by atoms with van der Waals surface area (Å²) in [5.74, 6) is -0.0143. The van der Waals surface area contributed by atoms with Crippen LogP contribution < -0.4 is 0 Å². The van der Waals surface area contributed by atoms with E-state index >= 15 is 0 Å². The number of nitrogens with zero attached hydrogens (tertiary/aromatic N) is 2. The van der Waals surface area contributed by atoms with Gasteiger partial charge >= 0.3 is 0 Å². The van der Waals surface area contributed by atoms with Gasteiger partial charge in [0.15, 0.2) is 0 Å². The number of allylic oxidation sites excluding steroid dienone is 1. The van der Waals surface area contributed by atoms with Crippen LogP contribution in [0, 0.1) is 11.3 Å². The fourth-order valence-corrected chi connectivity index (χ4v) is 3.46. The molecule has 23 heavy (non-hydrogen) atoms. The molecular formula is C17H20Cl2N2OS. The molecule has 0 saturated heterocycles. The zero-order valence-corrected chi connectivity index (χ0v) is 15.6. The second-order valence-corrected chi connectivity index (χ2v) is 6.82. The van der Waals surface area contributed by atoms with Crippen LogP contribution in [-0.4, -0.2) is 23.9 Å². The van der Waals surface area contributed by atoms with Gasteiger partial charge in [0.1, 0.15) is 0 Å². The number of carbonyl (C=O) groups excluding carboxylic acids is 1. The number of halogens is 2. The standard InChI is InChI=1S/C17H20Cl2N2OS/c1-3-21(4-2)17(22)12-14(7-5-6-10-20)23-16-9-8-13(18)11-15(16)19/h8-9,11-12H,3-7H2,1-2H3/b14-12+. The summed E-state index contributed by atoms with van der Waals surface area (Å²) in [6.07, 6.45) is 3.50. The largest absolute Gasteiger partial charge is 0.340 e. The molecule has 1 aromatic rings. The fraction of sp³-hybridized carbons (Fsp3) is 0.412. The van der Waals surface area contributed by atoms with E-state index in [1.165, 1.54) is 11.8 Å². The molecule has 0 spiro atoms. The van der Waals surface area contributed by atoms with Crippen LogP contribution in [0.25, 0.3) is 0 Å². The second-order valence-electron chi connectivity index (χ2n) is 4.81. The average molecular weight is 371 g/mol. The van der Waals surface area contributed by atoms with E-state index < -0.39 is 0 Å². The summed E-state index contributed by atoms with van der Waals surface area (Å²) >= 11 is 13.6. The number of likely N-dealkylation sites (N-methyl/N-ethyl adjacent to an activating group) is 1. The molecule has 1 rings (SSSR count). The molecule has 0 aliphatic rings. The maximum Gasteiger partial charge on any atom is 0.247 e. The Kier molecular flexibility index (Phi) is 9.16. The van der Waals surface area contributed by atoms with Crippen molar-refractivity contribution in [1.29, 1.82) is 5.26 Å². The Bertz CT molecular complexity index is 607. The van der Waals surface area contributed by atoms with Crippen molar-refractivity contribution in [2.75, 3.05) is 13.1 Å². The molecule has 124 valence electrons. The van der Waals surface area contributed by atoms with Gasteiger partial charge in [-0.1, -0.05) is 35.0 Å². The fourth-order valence-electron chi connectivity index (χ4n) is 1.96. The summed E-state index contributed by atoms with van der Waals surface area (Å²) in [7, 11) is 0. The van der Waals surface area contributed by atoms with Crippen LogP contribution >= 0.6 is 35.0 Å². The van der Waals surface area contributed by atoms with Gasteiger partial charge in [-0.05, 0) is 49.8 Å². The van der Waals surface area contributed by atoms with Gasteiger partial charge in [-0.2, -0.15) is 5.26 Å². The number of thioether (sulfide) groups is 1. The number of benzene rings is 1. The Balaban J connectivity index is 2.95. The number of carbonyl (C=O) groups is 1. The van der Waals surface area contributed by atoms with E-state index in [2.05, 4.69) is 6.07 Å². The van der Waals surface area contributed by atoms with Crippen LogP contribution in [0.4, 0.5) is 0 Å². The molecule has 3 nitrogen and oxygen atoms in total. The predicted octanol–water partition coefficient (Wildman–Crippen LogP) is 5.53. The van der Waals surface area contributed by atoms with Gasteiger partial charge in [0.2, 0.25) is 5.91 Å². The number of unbranched alkanes of at least 4 members (excludes halogenated alkanes) is 1. The van der Waals surface area contributed by atoms with E-state index in [1.807, 2.05) is 19.9 Å². The number of hydrogen-bond acceptors (Lipinski definition) is 3. The third kappa shape index (κ3) is 6.87. The lowest BCUT2D eigenvalue weighted by atomic mass is 10.2. The number of hydrogen-bond donors (Lipinski definition) is 0. The molecule has 0 fully saturated rings. The van der Waals surface area contributed by atoms with E-state index in [0.29, 0.717) is 42.4 Å². The third-order valence-corrected chi connectivity index (χ3v) is 5.03. The van der Waals surface area contributed by atoms with Crippen LogP contribution in [-0.2, 0) is 4.79 Å². The van der Waals surface area contributed by atoms with Gasteiger partial charge in [-0.3, -0.25) is 4.79 Å². The number of rotatable bonds is 8. The summed E-state index contributed by atoms with van der Waals surface area (Å²) in [6, 6.07) is 7.43. The van der Waals surface area contributed by atoms with Crippen molar-refractivity contribution in [3.05, 3.63) is 39.2 Å². The topological polar surface area (TPSA) is 44.1 Å². The van der Waals surface area contributed by atoms with E-state index in [4.69, 9.17) is 28.5 Å². The van der Waals surface area contributed by atoms with Crippen LogP contribution in [0.1, 0.15) is 33.1 Å². The average Bonchev–Trinajstić information content (AvgIpc) is 2.51. The summed E-state index contributed by atoms with van der Waals surface area (Å²) < 4.78 is 0. The van der Waals surface area contributed by atoms with Crippen molar-refractivity contribution >= 4 is 40.9 Å². The van der Waals surface area contributed by atoms with Gasteiger partial charge < -0.3 is 4.90 Å². The molecule has 0 saturated carbocycles. The second kappa shape index (κ2) is 10.6. The predicted molar refractivity (Wildman–Crippen MR) is 97.8 cm³/mol. The van der Waals surface area contributed by atoms with Crippen molar-refractivity contribution in [3.63, 3.8) is 0 Å². The van der Waals surface area contributed by atoms with Crippen molar-refractivity contribution in [1.82, 2.24) is 4.90 Å². The lowest BCUT2D eigenvalue weighted by Gasteiger charge is -2.17. The van der Waals surface area contributed by atoms with Crippen molar-refractivity contribution in [2.24, 2.45) is 0 Å². The maximum absolute atomic E-state index is 12.3. The number of nitriles is 1. The third-order valence-electron chi connectivity index (χ3n) is 3.21. The first-order chi connectivity index (χ1) is 11.0. The quantitative estimate of drug-likeness (QED) is 0.343. The monoisotopic (exact) mass is 370 g/mol. The minimum atomic E-state index is -0.0143. The molecule has 0 N–H and O–H groups in total. The van der Waals surface area contributed by atoms with Crippen LogP contribution in [0.15, 0.2) is 34.1 Å². The van der Waals surface area contributed by atoms with Crippen LogP contribution in [0.2, 0.25) is 10.0 Å². The Morgan fingerprint density at radius 2 is 2.04 bits per heavy atom. The van der Waals surface area contributed by atoms with Crippen LogP contribution in [0.3, 0.4) is 0 Å². The normalized spacial score (nSPS) is 11.2. The van der Waals surface area contributed by atoms with Crippen molar-refractivity contribution in [2.45, 2.75) is 38.0 Å². The lowest BCUT2D eigenvalue weighted by molar-refractivity contribution is -0.125. The van der Waals surface area contributed by atoms with Crippen molar-refractivity contribution in [3.8, 4) is 6.07 Å². The van der Waals surface area contributed by atoms with Gasteiger partial charge in [-0.15, -0.1) is 0 Å². The number of amides is 1. The van der Waals surface area contributed by atoms with Gasteiger partial charge in [0.05, 0.1) is 11.1 Å². The first-order valence-corrected chi connectivity index (χ1v) is 9.08. The molecule has 0 heterocycles. The minimum absolute atomic E-state index is 0.0143. The first kappa shape index (κ1) is 19.9. The highest BCUT2D eigenvalue weighted by molar-refractivity contribution is 8.03. The van der Waals surface area contributed by atoms with Gasteiger partial charge in [0.25, 0.3) is 0 Å². The highest BCUT2D eigenvalue weighted by Gasteiger charge is 2.11. The van der Waals surface area contributed by atoms with E-state index in [-0.39, 0.29) is 5.91 Å². The van der Waals surface area contributed by atoms with Gasteiger partial charge in [-0.25, -0.2) is 0 Å². The molecule has 0 radical (unpaired) electrons. The molecule has 6 heteroatoms. The Hall–Kier alpha value is -1.15. The first-order valence-electron chi connectivity index (χ1n) is 7.51. The molecule has 1 aromatic carbocycles. The molecular weight excluding hydrogens is 351 g/mol. The molecule has 0 unspecified atom stereocenters. The zero-order valence-electron chi connectivity index (χ0n) is 13.3. The SMILES string of the molecule is CCN(CC)C(=O)/C=C(\CCCC#N)Sc1ccc(Cl)cc1Cl. The highest BCUT2D eigenvalue weighted by atomic mass is 35.5. The van der Waals surface area contributed by atoms with E-state index in [9.17, 15) is 4.79 Å². The van der Waals surface area contributed by atoms with Crippen LogP contribution in [0.5, 0.6) is 0 Å². The molecule has 0 aromatic heterocycles. The summed E-state index contributed by atoms with van der Waals surface area (Å²) in [5.41, 5.74) is 0. The molecule has 0 aliphatic heterocycles. The minimum Gasteiger partial charge on any atom is -0.340 e. The Morgan fingerprint density at radius 1 is 1.35 bits per heavy atom. The van der Waals surface area contributed by atoms with E-state index in [0.717, 1.165) is 9.80 Å². The molecule has 0 atom stereocenters. The zero-order chi connectivity index (χ0) is 17.2. The Morgan fingerprint density at radius 3 is 2.61 bits per heavy atom. The molecule has 1 amide bonds. The van der Waals surface area contributed by atoms with Gasteiger partial charge in [0, 0.05) is 35.5 Å². The summed E-state index contributed by atoms with van der Waals surface area (Å²) in [5, 5.41) is 9.84. The molecule has 0 aliphatic carbocycles. The smallest absolute Gasteiger partial charge is 0.247 e. The highest BCUT2D eigenvalue weighted by Crippen LogP contribution is 2.36.